The smallest absolute Gasteiger partial charge is 0.210 e. The Labute approximate surface area is 108 Å². The van der Waals surface area contributed by atoms with Gasteiger partial charge in [0.05, 0.1) is 11.6 Å². The van der Waals surface area contributed by atoms with Gasteiger partial charge in [-0.15, -0.1) is 10.2 Å². The van der Waals surface area contributed by atoms with Crippen LogP contribution in [-0.4, -0.2) is 37.6 Å². The maximum Gasteiger partial charge on any atom is 0.210 e. The normalized spacial score (nSPS) is 14.4. The molecule has 0 aromatic carbocycles. The minimum Gasteiger partial charge on any atom is -0.336 e. The van der Waals surface area contributed by atoms with Crippen LogP contribution in [0.1, 0.15) is 5.82 Å². The Bertz CT molecular complexity index is 580. The van der Waals surface area contributed by atoms with E-state index in [4.69, 9.17) is 11.6 Å². The highest BCUT2D eigenvalue weighted by atomic mass is 35.5. The average Bonchev–Trinajstić information content (AvgIpc) is 2.82. The van der Waals surface area contributed by atoms with Crippen LogP contribution in [0.25, 0.3) is 11.5 Å². The van der Waals surface area contributed by atoms with Crippen LogP contribution in [0, 0.1) is 0 Å². The lowest BCUT2D eigenvalue weighted by molar-refractivity contribution is -0.119. The number of rotatable bonds is 2. The summed E-state index contributed by atoms with van der Waals surface area (Å²) in [5, 5.41) is 8.81. The molecule has 0 spiro atoms. The predicted molar refractivity (Wildman–Crippen MR) is 64.7 cm³/mol. The highest BCUT2D eigenvalue weighted by Crippen LogP contribution is 2.20. The summed E-state index contributed by atoms with van der Waals surface area (Å²) in [6.07, 6.45) is 2.41. The number of hydrogen-bond donors (Lipinski definition) is 0. The quantitative estimate of drug-likeness (QED) is 0.758. The minimum atomic E-state index is 0.490. The maximum absolute atomic E-state index is 10.7. The molecule has 0 unspecified atom stereocenters. The molecule has 1 aliphatic rings. The van der Waals surface area contributed by atoms with Crippen LogP contribution in [0.5, 0.6) is 0 Å². The van der Waals surface area contributed by atoms with Gasteiger partial charge in [0, 0.05) is 19.3 Å². The maximum atomic E-state index is 10.7. The molecule has 0 fully saturated rings. The lowest BCUT2D eigenvalue weighted by Crippen LogP contribution is -2.32. The number of carbonyl (C=O) groups is 1. The molecule has 1 aliphatic heterocycles. The molecule has 18 heavy (non-hydrogen) atoms. The molecule has 0 saturated heterocycles. The first kappa shape index (κ1) is 11.2. The van der Waals surface area contributed by atoms with Crippen molar-refractivity contribution in [2.75, 3.05) is 6.54 Å². The summed E-state index contributed by atoms with van der Waals surface area (Å²) >= 11 is 5.80. The first-order valence-corrected chi connectivity index (χ1v) is 5.89. The average molecular weight is 264 g/mol. The number of carbonyl (C=O) groups excluding carboxylic acids is 1. The fourth-order valence-corrected chi connectivity index (χ4v) is 2.08. The van der Waals surface area contributed by atoms with Gasteiger partial charge in [-0.3, -0.25) is 9.78 Å². The van der Waals surface area contributed by atoms with Crippen LogP contribution in [0.2, 0.25) is 5.02 Å². The Morgan fingerprint density at radius 2 is 2.17 bits per heavy atom. The lowest BCUT2D eigenvalue weighted by Gasteiger charge is -2.23. The molecular formula is C11H10ClN5O. The number of pyridine rings is 1. The third-order valence-corrected chi connectivity index (χ3v) is 3.11. The van der Waals surface area contributed by atoms with E-state index in [1.54, 1.807) is 17.2 Å². The molecule has 0 aliphatic carbocycles. The zero-order valence-electron chi connectivity index (χ0n) is 9.45. The predicted octanol–water partition coefficient (Wildman–Crippen LogP) is 0.965. The molecule has 0 bridgehead atoms. The van der Waals surface area contributed by atoms with Crippen molar-refractivity contribution in [3.05, 3.63) is 29.2 Å². The van der Waals surface area contributed by atoms with Gasteiger partial charge in [-0.25, -0.2) is 0 Å². The molecular weight excluding hydrogens is 254 g/mol. The summed E-state index contributed by atoms with van der Waals surface area (Å²) in [7, 11) is 0. The second kappa shape index (κ2) is 4.38. The molecule has 1 amide bonds. The van der Waals surface area contributed by atoms with Crippen molar-refractivity contribution in [1.82, 2.24) is 24.6 Å². The molecule has 6 nitrogen and oxygen atoms in total. The molecule has 0 N–H and O–H groups in total. The molecule has 0 atom stereocenters. The van der Waals surface area contributed by atoms with Crippen molar-refractivity contribution in [1.29, 1.82) is 0 Å². The van der Waals surface area contributed by atoms with Crippen molar-refractivity contribution < 1.29 is 4.79 Å². The van der Waals surface area contributed by atoms with Crippen molar-refractivity contribution in [2.45, 2.75) is 13.1 Å². The highest BCUT2D eigenvalue weighted by molar-refractivity contribution is 6.30. The van der Waals surface area contributed by atoms with Gasteiger partial charge in [-0.05, 0) is 12.1 Å². The van der Waals surface area contributed by atoms with E-state index in [1.165, 1.54) is 0 Å². The largest absolute Gasteiger partial charge is 0.336 e. The zero-order chi connectivity index (χ0) is 12.5. The third-order valence-electron chi connectivity index (χ3n) is 2.89. The summed E-state index contributed by atoms with van der Waals surface area (Å²) in [6, 6.07) is 3.58. The second-order valence-electron chi connectivity index (χ2n) is 4.03. The fourth-order valence-electron chi connectivity index (χ4n) is 1.96. The number of nitrogens with zero attached hydrogens (tertiary/aromatic N) is 5. The monoisotopic (exact) mass is 263 g/mol. The van der Waals surface area contributed by atoms with Gasteiger partial charge < -0.3 is 9.47 Å². The second-order valence-corrected chi connectivity index (χ2v) is 4.47. The molecule has 0 saturated carbocycles. The molecule has 3 rings (SSSR count). The minimum absolute atomic E-state index is 0.490. The Morgan fingerprint density at radius 1 is 1.28 bits per heavy atom. The number of hydrogen-bond acceptors (Lipinski definition) is 4. The summed E-state index contributed by atoms with van der Waals surface area (Å²) in [4.78, 5) is 16.6. The Hall–Kier alpha value is -1.95. The van der Waals surface area contributed by atoms with Crippen LogP contribution in [0.3, 0.4) is 0 Å². The van der Waals surface area contributed by atoms with Crippen LogP contribution >= 0.6 is 11.6 Å². The van der Waals surface area contributed by atoms with Crippen LogP contribution in [0.4, 0.5) is 0 Å². The van der Waals surface area contributed by atoms with Gasteiger partial charge in [0.1, 0.15) is 5.69 Å². The van der Waals surface area contributed by atoms with Gasteiger partial charge >= 0.3 is 0 Å². The Kier molecular flexibility index (Phi) is 2.71. The fraction of sp³-hybridized carbons (Fsp3) is 0.273. The van der Waals surface area contributed by atoms with Crippen molar-refractivity contribution in [3.63, 3.8) is 0 Å². The van der Waals surface area contributed by atoms with Gasteiger partial charge in [-0.2, -0.15) is 0 Å². The van der Waals surface area contributed by atoms with E-state index in [1.807, 2.05) is 10.6 Å². The van der Waals surface area contributed by atoms with E-state index in [0.29, 0.717) is 30.5 Å². The van der Waals surface area contributed by atoms with Crippen LogP contribution < -0.4 is 0 Å². The van der Waals surface area contributed by atoms with E-state index in [2.05, 4.69) is 15.2 Å². The lowest BCUT2D eigenvalue weighted by atomic mass is 10.3. The molecule has 2 aromatic rings. The zero-order valence-corrected chi connectivity index (χ0v) is 10.2. The number of amides is 1. The SMILES string of the molecule is O=CN1CCn2c(nnc2-c2ccc(Cl)cn2)C1. The van der Waals surface area contributed by atoms with Crippen LogP contribution in [-0.2, 0) is 17.9 Å². The standard InChI is InChI=1S/C11H10ClN5O/c12-8-1-2-9(13-5-8)11-15-14-10-6-16(7-18)3-4-17(10)11/h1-2,5,7H,3-4,6H2. The van der Waals surface area contributed by atoms with Gasteiger partial charge in [0.2, 0.25) is 6.41 Å². The summed E-state index contributed by atoms with van der Waals surface area (Å²) in [5.74, 6) is 1.49. The molecule has 3 heterocycles. The van der Waals surface area contributed by atoms with Crippen molar-refractivity contribution >= 4 is 18.0 Å². The van der Waals surface area contributed by atoms with Crippen molar-refractivity contribution in [3.8, 4) is 11.5 Å². The number of aromatic nitrogens is 4. The van der Waals surface area contributed by atoms with E-state index in [0.717, 1.165) is 17.9 Å². The van der Waals surface area contributed by atoms with E-state index >= 15 is 0 Å². The highest BCUT2D eigenvalue weighted by Gasteiger charge is 2.21. The first-order chi connectivity index (χ1) is 8.78. The Morgan fingerprint density at radius 3 is 2.89 bits per heavy atom. The molecule has 7 heteroatoms. The number of fused-ring (bicyclic) bond motifs is 1. The van der Waals surface area contributed by atoms with E-state index in [9.17, 15) is 4.79 Å². The molecule has 2 aromatic heterocycles. The summed E-state index contributed by atoms with van der Waals surface area (Å²) < 4.78 is 1.98. The topological polar surface area (TPSA) is 63.9 Å². The Balaban J connectivity index is 1.98. The van der Waals surface area contributed by atoms with Gasteiger partial charge in [0.15, 0.2) is 11.6 Å². The summed E-state index contributed by atoms with van der Waals surface area (Å²) in [5.41, 5.74) is 0.734. The third kappa shape index (κ3) is 1.84. The molecule has 92 valence electrons. The van der Waals surface area contributed by atoms with E-state index < -0.39 is 0 Å². The molecule has 0 radical (unpaired) electrons. The van der Waals surface area contributed by atoms with Gasteiger partial charge in [-0.1, -0.05) is 11.6 Å². The van der Waals surface area contributed by atoms with E-state index in [-0.39, 0.29) is 0 Å². The van der Waals surface area contributed by atoms with Gasteiger partial charge in [0.25, 0.3) is 0 Å². The van der Waals surface area contributed by atoms with Crippen molar-refractivity contribution in [2.24, 2.45) is 0 Å². The number of halogens is 1. The summed E-state index contributed by atoms with van der Waals surface area (Å²) in [6.45, 7) is 1.83. The first-order valence-electron chi connectivity index (χ1n) is 5.51. The van der Waals surface area contributed by atoms with Crippen LogP contribution in [0.15, 0.2) is 18.3 Å².